The van der Waals surface area contributed by atoms with E-state index in [1.807, 2.05) is 17.0 Å². The Hall–Kier alpha value is -2.67. The molecule has 0 amide bonds. The second-order valence-corrected chi connectivity index (χ2v) is 11.7. The highest BCUT2D eigenvalue weighted by atomic mass is 79.9. The van der Waals surface area contributed by atoms with Crippen LogP contribution in [0.2, 0.25) is 0 Å². The highest BCUT2D eigenvalue weighted by molar-refractivity contribution is 9.11. The molecule has 0 saturated carbocycles. The number of hydrogen-bond acceptors (Lipinski definition) is 6. The topological polar surface area (TPSA) is 88.6 Å². The fraction of sp³-hybridized carbons (Fsp3) is 0.357. The number of rotatable bonds is 7. The van der Waals surface area contributed by atoms with Gasteiger partial charge in [-0.05, 0) is 79.1 Å². The van der Waals surface area contributed by atoms with Gasteiger partial charge < -0.3 is 20.1 Å². The molecule has 6 nitrogen and oxygen atoms in total. The van der Waals surface area contributed by atoms with Gasteiger partial charge in [0, 0.05) is 31.3 Å². The summed E-state index contributed by atoms with van der Waals surface area (Å²) in [6.07, 6.45) is 1.05. The molecule has 1 aliphatic carbocycles. The quantitative estimate of drug-likeness (QED) is 0.385. The Morgan fingerprint density at radius 1 is 1.19 bits per heavy atom. The maximum Gasteiger partial charge on any atom is 0.162 e. The monoisotopic (exact) mass is 631 g/mol. The molecule has 2 N–H and O–H groups in total. The minimum absolute atomic E-state index is 0.0165. The first-order chi connectivity index (χ1) is 17.6. The summed E-state index contributed by atoms with van der Waals surface area (Å²) < 4.78 is 25.8. The molecule has 0 saturated heterocycles. The highest BCUT2D eigenvalue weighted by Crippen LogP contribution is 2.50. The normalized spacial score (nSPS) is 19.1. The third-order valence-electron chi connectivity index (χ3n) is 6.66. The Kier molecular flexibility index (Phi) is 8.12. The summed E-state index contributed by atoms with van der Waals surface area (Å²) in [5.41, 5.74) is 9.72. The molecule has 1 aliphatic heterocycles. The van der Waals surface area contributed by atoms with Crippen LogP contribution in [-0.2, 0) is 16.1 Å². The smallest absolute Gasteiger partial charge is 0.162 e. The Labute approximate surface area is 233 Å². The summed E-state index contributed by atoms with van der Waals surface area (Å²) in [6, 6.07) is 12.1. The van der Waals surface area contributed by atoms with Crippen LogP contribution in [0.1, 0.15) is 43.7 Å². The maximum atomic E-state index is 13.6. The zero-order valence-electron chi connectivity index (χ0n) is 20.9. The number of hydrogen-bond donors (Lipinski definition) is 1. The molecule has 2 aromatic rings. The minimum atomic E-state index is -0.596. The van der Waals surface area contributed by atoms with Crippen LogP contribution < -0.4 is 10.5 Å². The lowest BCUT2D eigenvalue weighted by atomic mass is 9.68. The molecule has 0 radical (unpaired) electrons. The summed E-state index contributed by atoms with van der Waals surface area (Å²) in [6.45, 7) is 5.24. The van der Waals surface area contributed by atoms with Crippen molar-refractivity contribution in [2.75, 3.05) is 20.3 Å². The SMILES string of the molecule is COCCN1C(N)=C(C#N)[C@@H](c2cc(Br)c(OCc3ccc(F)cc3)c(Br)c2)C2=C1CC(C)(C)CC2=O. The first-order valence-corrected chi connectivity index (χ1v) is 13.4. The molecule has 1 atom stereocenters. The maximum absolute atomic E-state index is 13.6. The second-order valence-electron chi connectivity index (χ2n) is 10.0. The number of allylic oxidation sites excluding steroid dienone is 3. The molecule has 9 heteroatoms. The van der Waals surface area contributed by atoms with Gasteiger partial charge in [-0.15, -0.1) is 0 Å². The van der Waals surface area contributed by atoms with Crippen LogP contribution in [0, 0.1) is 22.6 Å². The number of carbonyl (C=O) groups is 1. The van der Waals surface area contributed by atoms with Gasteiger partial charge in [-0.3, -0.25) is 4.79 Å². The number of ether oxygens (including phenoxy) is 2. The van der Waals surface area contributed by atoms with Gasteiger partial charge in [0.2, 0.25) is 0 Å². The number of nitrogens with two attached hydrogens (primary N) is 1. The van der Waals surface area contributed by atoms with Gasteiger partial charge in [-0.1, -0.05) is 26.0 Å². The molecule has 0 fully saturated rings. The molecule has 194 valence electrons. The van der Waals surface area contributed by atoms with Crippen LogP contribution >= 0.6 is 31.9 Å². The summed E-state index contributed by atoms with van der Waals surface area (Å²) in [5.74, 6) is 0.0201. The number of Topliss-reactive ketones (excluding diaryl/α,β-unsaturated/α-hetero) is 1. The number of carbonyl (C=O) groups excluding carboxylic acids is 1. The zero-order valence-corrected chi connectivity index (χ0v) is 24.1. The van der Waals surface area contributed by atoms with Gasteiger partial charge in [0.25, 0.3) is 0 Å². The van der Waals surface area contributed by atoms with Gasteiger partial charge in [-0.25, -0.2) is 4.39 Å². The van der Waals surface area contributed by atoms with Crippen LogP contribution in [0.25, 0.3) is 0 Å². The number of methoxy groups -OCH3 is 1. The van der Waals surface area contributed by atoms with Gasteiger partial charge >= 0.3 is 0 Å². The zero-order chi connectivity index (χ0) is 26.9. The van der Waals surface area contributed by atoms with E-state index >= 15 is 0 Å². The molecular formula is C28H28Br2FN3O3. The largest absolute Gasteiger partial charge is 0.487 e. The van der Waals surface area contributed by atoms with Crippen molar-refractivity contribution in [3.63, 3.8) is 0 Å². The molecule has 37 heavy (non-hydrogen) atoms. The van der Waals surface area contributed by atoms with E-state index in [9.17, 15) is 14.4 Å². The van der Waals surface area contributed by atoms with Crippen LogP contribution in [0.4, 0.5) is 4.39 Å². The minimum Gasteiger partial charge on any atom is -0.487 e. The van der Waals surface area contributed by atoms with Crippen LogP contribution in [0.3, 0.4) is 0 Å². The fourth-order valence-corrected chi connectivity index (χ4v) is 6.42. The van der Waals surface area contributed by atoms with E-state index in [0.717, 1.165) is 16.8 Å². The van der Waals surface area contributed by atoms with Crippen molar-refractivity contribution in [3.8, 4) is 11.8 Å². The molecular weight excluding hydrogens is 605 g/mol. The van der Waals surface area contributed by atoms with E-state index in [4.69, 9.17) is 15.2 Å². The van der Waals surface area contributed by atoms with E-state index in [0.29, 0.717) is 57.7 Å². The third kappa shape index (κ3) is 5.62. The standard InChI is InChI=1S/C28H28Br2FN3O3/c1-28(2)12-22-25(23(35)13-28)24(19(14-32)27(33)34(22)8-9-36-3)17-10-20(29)26(21(30)11-17)37-15-16-4-6-18(31)7-5-16/h4-7,10-11,24H,8-9,12-13,15,33H2,1-3H3/t24-/m1/s1. The predicted molar refractivity (Wildman–Crippen MR) is 146 cm³/mol. The second kappa shape index (κ2) is 11.0. The number of benzene rings is 2. The van der Waals surface area contributed by atoms with E-state index in [2.05, 4.69) is 51.8 Å². The van der Waals surface area contributed by atoms with E-state index in [1.165, 1.54) is 12.1 Å². The lowest BCUT2D eigenvalue weighted by Crippen LogP contribution is -2.43. The van der Waals surface area contributed by atoms with E-state index in [1.54, 1.807) is 19.2 Å². The van der Waals surface area contributed by atoms with Gasteiger partial charge in [-0.2, -0.15) is 5.26 Å². The van der Waals surface area contributed by atoms with Crippen molar-refractivity contribution in [3.05, 3.63) is 85.0 Å². The Bertz CT molecular complexity index is 1310. The Morgan fingerprint density at radius 2 is 1.84 bits per heavy atom. The first-order valence-electron chi connectivity index (χ1n) is 11.8. The number of nitriles is 1. The fourth-order valence-electron chi connectivity index (χ4n) is 4.97. The lowest BCUT2D eigenvalue weighted by molar-refractivity contribution is -0.118. The summed E-state index contributed by atoms with van der Waals surface area (Å²) in [7, 11) is 1.61. The third-order valence-corrected chi connectivity index (χ3v) is 7.83. The molecule has 2 aromatic carbocycles. The van der Waals surface area contributed by atoms with Crippen molar-refractivity contribution in [1.82, 2.24) is 4.90 Å². The summed E-state index contributed by atoms with van der Waals surface area (Å²) in [4.78, 5) is 15.4. The predicted octanol–water partition coefficient (Wildman–Crippen LogP) is 6.31. The molecule has 0 spiro atoms. The molecule has 1 heterocycles. The van der Waals surface area contributed by atoms with Crippen molar-refractivity contribution < 1.29 is 18.7 Å². The molecule has 0 bridgehead atoms. The number of ketones is 1. The molecule has 0 unspecified atom stereocenters. The van der Waals surface area contributed by atoms with Gasteiger partial charge in [0.05, 0.1) is 33.1 Å². The molecule has 4 rings (SSSR count). The van der Waals surface area contributed by atoms with Crippen molar-refractivity contribution in [2.24, 2.45) is 11.1 Å². The number of nitrogens with zero attached hydrogens (tertiary/aromatic N) is 2. The Morgan fingerprint density at radius 3 is 2.43 bits per heavy atom. The van der Waals surface area contributed by atoms with Crippen molar-refractivity contribution >= 4 is 37.6 Å². The van der Waals surface area contributed by atoms with Crippen molar-refractivity contribution in [2.45, 2.75) is 39.2 Å². The van der Waals surface area contributed by atoms with Crippen LogP contribution in [-0.4, -0.2) is 30.9 Å². The van der Waals surface area contributed by atoms with E-state index in [-0.39, 0.29) is 23.6 Å². The van der Waals surface area contributed by atoms with Crippen LogP contribution in [0.15, 0.2) is 68.0 Å². The summed E-state index contributed by atoms with van der Waals surface area (Å²) in [5, 5.41) is 10.2. The number of halogens is 3. The summed E-state index contributed by atoms with van der Waals surface area (Å²) >= 11 is 7.20. The molecule has 2 aliphatic rings. The average molecular weight is 633 g/mol. The van der Waals surface area contributed by atoms with Gasteiger partial charge in [0.1, 0.15) is 24.0 Å². The average Bonchev–Trinajstić information content (AvgIpc) is 2.82. The van der Waals surface area contributed by atoms with Crippen LogP contribution in [0.5, 0.6) is 5.75 Å². The van der Waals surface area contributed by atoms with E-state index < -0.39 is 5.92 Å². The first kappa shape index (κ1) is 27.4. The lowest BCUT2D eigenvalue weighted by Gasteiger charge is -2.43. The van der Waals surface area contributed by atoms with Gasteiger partial charge in [0.15, 0.2) is 5.78 Å². The molecule has 0 aromatic heterocycles. The van der Waals surface area contributed by atoms with Crippen molar-refractivity contribution in [1.29, 1.82) is 5.26 Å². The Balaban J connectivity index is 1.76. The highest BCUT2D eigenvalue weighted by Gasteiger charge is 2.44.